The van der Waals surface area contributed by atoms with Crippen molar-refractivity contribution in [2.24, 2.45) is 0 Å². The molecule has 1 amide bonds. The Bertz CT molecular complexity index is 886. The first-order valence-electron chi connectivity index (χ1n) is 7.39. The molecule has 1 fully saturated rings. The smallest absolute Gasteiger partial charge is 0.253 e. The number of hydrogen-bond acceptors (Lipinski definition) is 5. The van der Waals surface area contributed by atoms with E-state index in [1.807, 2.05) is 6.07 Å². The van der Waals surface area contributed by atoms with Gasteiger partial charge < -0.3 is 5.32 Å². The van der Waals surface area contributed by atoms with E-state index in [1.54, 1.807) is 35.7 Å². The van der Waals surface area contributed by atoms with Crippen LogP contribution in [-0.2, 0) is 14.8 Å². The molecule has 3 rings (SSSR count). The largest absolute Gasteiger partial charge is 0.323 e. The molecule has 1 aliphatic heterocycles. The van der Waals surface area contributed by atoms with Crippen LogP contribution in [0.3, 0.4) is 0 Å². The molecule has 2 aromatic rings. The molecule has 1 N–H and O–H groups in total. The second-order valence-corrected chi connectivity index (χ2v) is 8.42. The van der Waals surface area contributed by atoms with E-state index in [0.29, 0.717) is 30.6 Å². The molecule has 1 atom stereocenters. The van der Waals surface area contributed by atoms with Crippen molar-refractivity contribution >= 4 is 33.0 Å². The molecule has 8 heteroatoms. The second-order valence-electron chi connectivity index (χ2n) is 5.35. The lowest BCUT2D eigenvalue weighted by Crippen LogP contribution is -2.42. The van der Waals surface area contributed by atoms with E-state index in [0.717, 1.165) is 11.3 Å². The summed E-state index contributed by atoms with van der Waals surface area (Å²) in [7, 11) is -3.67. The summed E-state index contributed by atoms with van der Waals surface area (Å²) in [5.41, 5.74) is 0.738. The first-order valence-corrected chi connectivity index (χ1v) is 9.71. The maximum Gasteiger partial charge on any atom is 0.253 e. The van der Waals surface area contributed by atoms with Crippen LogP contribution in [0.15, 0.2) is 46.0 Å². The molecule has 124 valence electrons. The molecule has 1 aromatic heterocycles. The van der Waals surface area contributed by atoms with Gasteiger partial charge in [0.05, 0.1) is 11.3 Å². The van der Waals surface area contributed by atoms with E-state index in [4.69, 9.17) is 5.26 Å². The fourth-order valence-electron chi connectivity index (χ4n) is 2.72. The zero-order valence-electron chi connectivity index (χ0n) is 12.7. The minimum Gasteiger partial charge on any atom is -0.323 e. The Labute approximate surface area is 144 Å². The number of hydrogen-bond donors (Lipinski definition) is 1. The van der Waals surface area contributed by atoms with Crippen molar-refractivity contribution < 1.29 is 13.2 Å². The molecule has 1 saturated heterocycles. The van der Waals surface area contributed by atoms with Crippen molar-refractivity contribution in [2.75, 3.05) is 11.9 Å². The van der Waals surface area contributed by atoms with Crippen molar-refractivity contribution in [2.45, 2.75) is 23.1 Å². The van der Waals surface area contributed by atoms with Gasteiger partial charge >= 0.3 is 0 Å². The third-order valence-corrected chi connectivity index (χ3v) is 7.15. The van der Waals surface area contributed by atoms with E-state index >= 15 is 0 Å². The number of nitrogens with one attached hydrogen (secondary N) is 1. The number of para-hydroxylation sites is 1. The minimum atomic E-state index is -3.67. The van der Waals surface area contributed by atoms with Crippen LogP contribution in [0.2, 0.25) is 0 Å². The van der Waals surface area contributed by atoms with Crippen LogP contribution in [-0.4, -0.2) is 31.2 Å². The van der Waals surface area contributed by atoms with Gasteiger partial charge in [-0.1, -0.05) is 18.2 Å². The molecule has 6 nitrogen and oxygen atoms in total. The van der Waals surface area contributed by atoms with Gasteiger partial charge in [-0.15, -0.1) is 11.3 Å². The van der Waals surface area contributed by atoms with Gasteiger partial charge in [-0.05, 0) is 36.4 Å². The summed E-state index contributed by atoms with van der Waals surface area (Å²) in [5.74, 6) is -0.407. The van der Waals surface area contributed by atoms with Crippen LogP contribution in [0.5, 0.6) is 0 Å². The number of sulfonamides is 1. The predicted molar refractivity (Wildman–Crippen MR) is 91.0 cm³/mol. The molecule has 24 heavy (non-hydrogen) atoms. The lowest BCUT2D eigenvalue weighted by atomic mass is 10.1. The Morgan fingerprint density at radius 1 is 1.29 bits per heavy atom. The number of thiophene rings is 1. The second kappa shape index (κ2) is 6.73. The lowest BCUT2D eigenvalue weighted by Gasteiger charge is -2.22. The molecule has 0 radical (unpaired) electrons. The zero-order chi connectivity index (χ0) is 17.2. The van der Waals surface area contributed by atoms with Gasteiger partial charge in [0, 0.05) is 6.54 Å². The first-order chi connectivity index (χ1) is 11.5. The number of carbonyl (C=O) groups is 1. The van der Waals surface area contributed by atoms with Crippen molar-refractivity contribution in [3.63, 3.8) is 0 Å². The van der Waals surface area contributed by atoms with Gasteiger partial charge in [-0.2, -0.15) is 9.57 Å². The minimum absolute atomic E-state index is 0.236. The molecule has 1 aromatic carbocycles. The van der Waals surface area contributed by atoms with Gasteiger partial charge in [0.2, 0.25) is 5.91 Å². The van der Waals surface area contributed by atoms with Gasteiger partial charge in [0.1, 0.15) is 16.3 Å². The summed E-state index contributed by atoms with van der Waals surface area (Å²) in [4.78, 5) is 12.6. The number of anilines is 1. The molecule has 1 aliphatic rings. The molecule has 0 unspecified atom stereocenters. The lowest BCUT2D eigenvalue weighted by molar-refractivity contribution is -0.119. The Morgan fingerprint density at radius 3 is 2.79 bits per heavy atom. The maximum atomic E-state index is 12.7. The highest BCUT2D eigenvalue weighted by Crippen LogP contribution is 2.29. The van der Waals surface area contributed by atoms with Crippen LogP contribution < -0.4 is 5.32 Å². The van der Waals surface area contributed by atoms with Crippen LogP contribution in [0.4, 0.5) is 5.69 Å². The van der Waals surface area contributed by atoms with Crippen LogP contribution in [0, 0.1) is 11.3 Å². The highest BCUT2D eigenvalue weighted by molar-refractivity contribution is 7.91. The van der Waals surface area contributed by atoms with Crippen LogP contribution >= 0.6 is 11.3 Å². The standard InChI is InChI=1S/C16H15N3O3S2/c17-11-12-5-1-2-6-13(12)18-16(20)14-7-3-9-19(14)24(21,22)15-8-4-10-23-15/h1-2,4-6,8,10,14H,3,7,9H2,(H,18,20)/t14-/m1/s1. The first kappa shape index (κ1) is 16.6. The molecule has 0 spiro atoms. The molecule has 0 aliphatic carbocycles. The summed E-state index contributed by atoms with van der Waals surface area (Å²) < 4.78 is 26.9. The fraction of sp³-hybridized carbons (Fsp3) is 0.250. The van der Waals surface area contributed by atoms with E-state index in [-0.39, 0.29) is 4.21 Å². The van der Waals surface area contributed by atoms with E-state index in [1.165, 1.54) is 10.4 Å². The Balaban J connectivity index is 1.83. The summed E-state index contributed by atoms with van der Waals surface area (Å²) in [6, 6.07) is 11.1. The third-order valence-electron chi connectivity index (χ3n) is 3.87. The number of amides is 1. The summed E-state index contributed by atoms with van der Waals surface area (Å²) in [5, 5.41) is 13.5. The molecular weight excluding hydrogens is 346 g/mol. The number of benzene rings is 1. The van der Waals surface area contributed by atoms with Crippen LogP contribution in [0.1, 0.15) is 18.4 Å². The van der Waals surface area contributed by atoms with Gasteiger partial charge in [0.25, 0.3) is 10.0 Å². The predicted octanol–water partition coefficient (Wildman–Crippen LogP) is 2.41. The quantitative estimate of drug-likeness (QED) is 0.905. The Hall–Kier alpha value is -2.21. The Morgan fingerprint density at radius 2 is 2.08 bits per heavy atom. The van der Waals surface area contributed by atoms with Gasteiger partial charge in [-0.3, -0.25) is 4.79 Å². The molecule has 0 bridgehead atoms. The van der Waals surface area contributed by atoms with Crippen LogP contribution in [0.25, 0.3) is 0 Å². The fourth-order valence-corrected chi connectivity index (χ4v) is 5.50. The van der Waals surface area contributed by atoms with Crippen molar-refractivity contribution in [3.8, 4) is 6.07 Å². The average molecular weight is 361 g/mol. The van der Waals surface area contributed by atoms with Gasteiger partial charge in [0.15, 0.2) is 0 Å². The molecule has 2 heterocycles. The zero-order valence-corrected chi connectivity index (χ0v) is 14.3. The monoisotopic (exact) mass is 361 g/mol. The number of rotatable bonds is 4. The SMILES string of the molecule is N#Cc1ccccc1NC(=O)[C@H]1CCCN1S(=O)(=O)c1cccs1. The molecule has 0 saturated carbocycles. The summed E-state index contributed by atoms with van der Waals surface area (Å²) in [6.07, 6.45) is 1.09. The van der Waals surface area contributed by atoms with E-state index in [9.17, 15) is 13.2 Å². The summed E-state index contributed by atoms with van der Waals surface area (Å²) in [6.45, 7) is 0.318. The maximum absolute atomic E-state index is 12.7. The third kappa shape index (κ3) is 3.06. The molecular formula is C16H15N3O3S2. The van der Waals surface area contributed by atoms with E-state index < -0.39 is 22.0 Å². The topological polar surface area (TPSA) is 90.3 Å². The Kier molecular flexibility index (Phi) is 4.66. The number of nitriles is 1. The summed E-state index contributed by atoms with van der Waals surface area (Å²) >= 11 is 1.14. The van der Waals surface area contributed by atoms with Crippen molar-refractivity contribution in [3.05, 3.63) is 47.3 Å². The van der Waals surface area contributed by atoms with E-state index in [2.05, 4.69) is 5.32 Å². The van der Waals surface area contributed by atoms with Crippen molar-refractivity contribution in [1.29, 1.82) is 5.26 Å². The number of nitrogens with zero attached hydrogens (tertiary/aromatic N) is 2. The number of carbonyl (C=O) groups excluding carboxylic acids is 1. The highest BCUT2D eigenvalue weighted by Gasteiger charge is 2.40. The highest BCUT2D eigenvalue weighted by atomic mass is 32.2. The average Bonchev–Trinajstić information content (AvgIpc) is 3.27. The normalized spacial score (nSPS) is 18.2. The van der Waals surface area contributed by atoms with Gasteiger partial charge in [-0.25, -0.2) is 8.42 Å². The van der Waals surface area contributed by atoms with Crippen molar-refractivity contribution in [1.82, 2.24) is 4.31 Å².